The van der Waals surface area contributed by atoms with Gasteiger partial charge in [0.05, 0.1) is 5.35 Å². The second-order valence-electron chi connectivity index (χ2n) is 4.37. The Morgan fingerprint density at radius 2 is 1.79 bits per heavy atom. The van der Waals surface area contributed by atoms with Crippen molar-refractivity contribution in [2.75, 3.05) is 0 Å². The van der Waals surface area contributed by atoms with Crippen molar-refractivity contribution >= 4 is 27.2 Å². The second-order valence-corrected chi connectivity index (χ2v) is 4.37. The number of aryl methyl sites for hydroxylation is 1. The van der Waals surface area contributed by atoms with Gasteiger partial charge in [-0.1, -0.05) is 30.3 Å². The molecule has 1 heterocycles. The lowest BCUT2D eigenvalue weighted by atomic mass is 10.1. The van der Waals surface area contributed by atoms with Gasteiger partial charge in [0.15, 0.2) is 5.57 Å². The van der Waals surface area contributed by atoms with E-state index in [1.54, 1.807) is 0 Å². The first-order valence-corrected chi connectivity index (χ1v) is 6.16. The van der Waals surface area contributed by atoms with Crippen molar-refractivity contribution in [1.82, 2.24) is 4.57 Å². The Morgan fingerprint density at radius 3 is 2.42 bits per heavy atom. The van der Waals surface area contributed by atoms with Gasteiger partial charge in [0.25, 0.3) is 0 Å². The molecule has 19 heavy (non-hydrogen) atoms. The molecule has 0 fully saturated rings. The fourth-order valence-corrected chi connectivity index (χ4v) is 2.74. The SMILES string of the molecule is CCn1c(=C(C#N)C#N)c2cccc3cccc1c32. The van der Waals surface area contributed by atoms with Crippen LogP contribution in [0.1, 0.15) is 6.92 Å². The van der Waals surface area contributed by atoms with E-state index in [0.29, 0.717) is 0 Å². The van der Waals surface area contributed by atoms with Crippen molar-refractivity contribution in [1.29, 1.82) is 10.5 Å². The Labute approximate surface area is 110 Å². The van der Waals surface area contributed by atoms with Crippen LogP contribution in [0.4, 0.5) is 0 Å². The summed E-state index contributed by atoms with van der Waals surface area (Å²) in [6, 6.07) is 16.1. The standard InChI is InChI=1S/C16H11N3/c1-2-19-14-8-4-6-11-5-3-7-13(15(11)14)16(19)12(9-17)10-18/h3-8H,2H2,1H3. The van der Waals surface area contributed by atoms with Gasteiger partial charge in [0.1, 0.15) is 12.1 Å². The Balaban J connectivity index is 2.76. The van der Waals surface area contributed by atoms with Gasteiger partial charge in [0, 0.05) is 22.8 Å². The minimum Gasteiger partial charge on any atom is -0.339 e. The molecule has 2 aromatic carbocycles. The largest absolute Gasteiger partial charge is 0.339 e. The van der Waals surface area contributed by atoms with Crippen molar-refractivity contribution in [3.63, 3.8) is 0 Å². The molecule has 1 aromatic heterocycles. The molecule has 0 aliphatic heterocycles. The third kappa shape index (κ3) is 1.42. The molecule has 0 amide bonds. The van der Waals surface area contributed by atoms with E-state index in [1.807, 2.05) is 47.9 Å². The summed E-state index contributed by atoms with van der Waals surface area (Å²) in [5, 5.41) is 22.3. The Kier molecular flexibility index (Phi) is 2.47. The van der Waals surface area contributed by atoms with Gasteiger partial charge in [0.2, 0.25) is 0 Å². The van der Waals surface area contributed by atoms with Gasteiger partial charge in [-0.3, -0.25) is 0 Å². The average Bonchev–Trinajstić information content (AvgIpc) is 2.77. The van der Waals surface area contributed by atoms with Crippen LogP contribution in [-0.4, -0.2) is 4.57 Å². The molecule has 0 bridgehead atoms. The summed E-state index contributed by atoms with van der Waals surface area (Å²) >= 11 is 0. The summed E-state index contributed by atoms with van der Waals surface area (Å²) in [5.41, 5.74) is 1.25. The molecule has 0 radical (unpaired) electrons. The molecular weight excluding hydrogens is 234 g/mol. The van der Waals surface area contributed by atoms with Crippen LogP contribution in [0.2, 0.25) is 0 Å². The molecule has 0 saturated carbocycles. The Hall–Kier alpha value is -2.78. The number of nitriles is 2. The molecule has 0 atom stereocenters. The summed E-state index contributed by atoms with van der Waals surface area (Å²) < 4.78 is 2.04. The fraction of sp³-hybridized carbons (Fsp3) is 0.125. The predicted molar refractivity (Wildman–Crippen MR) is 75.0 cm³/mol. The molecule has 0 unspecified atom stereocenters. The van der Waals surface area contributed by atoms with Crippen molar-refractivity contribution in [3.8, 4) is 12.1 Å². The van der Waals surface area contributed by atoms with Crippen molar-refractivity contribution in [2.45, 2.75) is 13.5 Å². The van der Waals surface area contributed by atoms with Crippen molar-refractivity contribution in [3.05, 3.63) is 41.7 Å². The first-order valence-electron chi connectivity index (χ1n) is 6.16. The van der Waals surface area contributed by atoms with E-state index in [9.17, 15) is 10.5 Å². The van der Waals surface area contributed by atoms with Gasteiger partial charge in [-0.15, -0.1) is 0 Å². The topological polar surface area (TPSA) is 52.5 Å². The first-order chi connectivity index (χ1) is 9.31. The zero-order valence-corrected chi connectivity index (χ0v) is 10.5. The van der Waals surface area contributed by atoms with E-state index >= 15 is 0 Å². The number of hydrogen-bond acceptors (Lipinski definition) is 2. The van der Waals surface area contributed by atoms with E-state index in [4.69, 9.17) is 0 Å². The van der Waals surface area contributed by atoms with Gasteiger partial charge in [-0.2, -0.15) is 10.5 Å². The zero-order valence-electron chi connectivity index (χ0n) is 10.5. The highest BCUT2D eigenvalue weighted by molar-refractivity contribution is 6.10. The summed E-state index contributed by atoms with van der Waals surface area (Å²) in [6.45, 7) is 2.76. The number of benzene rings is 2. The predicted octanol–water partition coefficient (Wildman–Crippen LogP) is 2.73. The highest BCUT2D eigenvalue weighted by atomic mass is 15.0. The quantitative estimate of drug-likeness (QED) is 0.662. The van der Waals surface area contributed by atoms with Crippen molar-refractivity contribution in [2.24, 2.45) is 0 Å². The normalized spacial score (nSPS) is 10.5. The molecule has 90 valence electrons. The second kappa shape index (κ2) is 4.15. The summed E-state index contributed by atoms with van der Waals surface area (Å²) in [7, 11) is 0. The van der Waals surface area contributed by atoms with E-state index in [1.165, 1.54) is 0 Å². The van der Waals surface area contributed by atoms with Crippen LogP contribution in [0.25, 0.3) is 27.2 Å². The molecule has 3 heteroatoms. The van der Waals surface area contributed by atoms with Gasteiger partial charge < -0.3 is 4.57 Å². The van der Waals surface area contributed by atoms with Gasteiger partial charge >= 0.3 is 0 Å². The molecule has 0 saturated heterocycles. The molecule has 0 aliphatic rings. The Morgan fingerprint density at radius 1 is 1.11 bits per heavy atom. The maximum atomic E-state index is 9.18. The minimum atomic E-state index is 0.172. The van der Waals surface area contributed by atoms with Crippen LogP contribution < -0.4 is 5.35 Å². The van der Waals surface area contributed by atoms with E-state index < -0.39 is 0 Å². The highest BCUT2D eigenvalue weighted by Gasteiger charge is 2.12. The monoisotopic (exact) mass is 245 g/mol. The molecule has 3 rings (SSSR count). The van der Waals surface area contributed by atoms with Crippen LogP contribution in [0.3, 0.4) is 0 Å². The van der Waals surface area contributed by atoms with Gasteiger partial charge in [-0.05, 0) is 18.4 Å². The molecule has 0 N–H and O–H groups in total. The lowest BCUT2D eigenvalue weighted by molar-refractivity contribution is 0.776. The van der Waals surface area contributed by atoms with Crippen LogP contribution in [0.15, 0.2) is 36.4 Å². The molecular formula is C16H11N3. The lowest BCUT2D eigenvalue weighted by Crippen LogP contribution is -2.18. The third-order valence-corrected chi connectivity index (χ3v) is 3.48. The van der Waals surface area contributed by atoms with E-state index in [-0.39, 0.29) is 5.57 Å². The van der Waals surface area contributed by atoms with Gasteiger partial charge in [-0.25, -0.2) is 0 Å². The average molecular weight is 245 g/mol. The molecule has 3 nitrogen and oxygen atoms in total. The van der Waals surface area contributed by atoms with E-state index in [2.05, 4.69) is 12.1 Å². The lowest BCUT2D eigenvalue weighted by Gasteiger charge is -2.01. The number of hydrogen-bond donors (Lipinski definition) is 0. The van der Waals surface area contributed by atoms with Crippen LogP contribution in [-0.2, 0) is 6.54 Å². The fourth-order valence-electron chi connectivity index (χ4n) is 2.74. The molecule has 0 aliphatic carbocycles. The minimum absolute atomic E-state index is 0.172. The number of nitrogens with zero attached hydrogens (tertiary/aromatic N) is 3. The highest BCUT2D eigenvalue weighted by Crippen LogP contribution is 2.25. The maximum Gasteiger partial charge on any atom is 0.153 e. The molecule has 0 spiro atoms. The smallest absolute Gasteiger partial charge is 0.153 e. The maximum absolute atomic E-state index is 9.18. The summed E-state index contributed by atoms with van der Waals surface area (Å²) in [6.07, 6.45) is 0. The van der Waals surface area contributed by atoms with Crippen LogP contribution in [0.5, 0.6) is 0 Å². The Bertz CT molecular complexity index is 896. The zero-order chi connectivity index (χ0) is 13.4. The summed E-state index contributed by atoms with van der Waals surface area (Å²) in [4.78, 5) is 0. The molecule has 3 aromatic rings. The van der Waals surface area contributed by atoms with Crippen molar-refractivity contribution < 1.29 is 0 Å². The first kappa shape index (κ1) is 11.3. The van der Waals surface area contributed by atoms with Crippen LogP contribution in [0, 0.1) is 22.7 Å². The number of rotatable bonds is 1. The number of aromatic nitrogens is 1. The summed E-state index contributed by atoms with van der Waals surface area (Å²) in [5.74, 6) is 0. The third-order valence-electron chi connectivity index (χ3n) is 3.48. The van der Waals surface area contributed by atoms with E-state index in [0.717, 1.165) is 33.6 Å². The van der Waals surface area contributed by atoms with Crippen LogP contribution >= 0.6 is 0 Å².